The first kappa shape index (κ1) is 12.7. The maximum Gasteiger partial charge on any atom is 0.140 e. The van der Waals surface area contributed by atoms with Crippen LogP contribution >= 0.6 is 0 Å². The molecule has 1 N–H and O–H groups in total. The fourth-order valence-corrected chi connectivity index (χ4v) is 2.60. The van der Waals surface area contributed by atoms with Crippen molar-refractivity contribution < 1.29 is 0 Å². The van der Waals surface area contributed by atoms with Gasteiger partial charge in [0.25, 0.3) is 0 Å². The van der Waals surface area contributed by atoms with Crippen LogP contribution in [0.25, 0.3) is 0 Å². The molecule has 0 aliphatic heterocycles. The van der Waals surface area contributed by atoms with Crippen molar-refractivity contribution in [2.45, 2.75) is 38.3 Å². The number of hydrogen-bond acceptors (Lipinski definition) is 4. The van der Waals surface area contributed by atoms with Crippen LogP contribution in [0.5, 0.6) is 0 Å². The highest BCUT2D eigenvalue weighted by Crippen LogP contribution is 2.28. The fraction of sp³-hybridized carbons (Fsp3) is 0.400. The van der Waals surface area contributed by atoms with Crippen LogP contribution in [0.1, 0.15) is 43.1 Å². The number of hydrogen-bond donors (Lipinski definition) is 1. The lowest BCUT2D eigenvalue weighted by atomic mass is 10.3. The molecule has 2 aromatic heterocycles. The smallest absolute Gasteiger partial charge is 0.140 e. The SMILES string of the molecule is N#Cc1ccc(NCc2ccn(C3CCCC3)n2)cn1. The van der Waals surface area contributed by atoms with Crippen LogP contribution in [-0.4, -0.2) is 14.8 Å². The third-order valence-corrected chi connectivity index (χ3v) is 3.71. The van der Waals surface area contributed by atoms with E-state index in [9.17, 15) is 0 Å². The number of nitrogens with zero attached hydrogens (tertiary/aromatic N) is 4. The lowest BCUT2D eigenvalue weighted by Gasteiger charge is -2.09. The van der Waals surface area contributed by atoms with Crippen molar-refractivity contribution in [1.29, 1.82) is 5.26 Å². The summed E-state index contributed by atoms with van der Waals surface area (Å²) < 4.78 is 2.10. The van der Waals surface area contributed by atoms with Gasteiger partial charge in [0.15, 0.2) is 0 Å². The molecule has 0 amide bonds. The van der Waals surface area contributed by atoms with Crippen molar-refractivity contribution in [2.75, 3.05) is 5.32 Å². The Balaban J connectivity index is 1.59. The topological polar surface area (TPSA) is 66.5 Å². The van der Waals surface area contributed by atoms with Crippen molar-refractivity contribution in [3.8, 4) is 6.07 Å². The minimum absolute atomic E-state index is 0.432. The molecule has 0 aromatic carbocycles. The van der Waals surface area contributed by atoms with Crippen LogP contribution in [0, 0.1) is 11.3 Å². The van der Waals surface area contributed by atoms with E-state index >= 15 is 0 Å². The van der Waals surface area contributed by atoms with Gasteiger partial charge in [-0.2, -0.15) is 10.4 Å². The van der Waals surface area contributed by atoms with Gasteiger partial charge in [0.05, 0.1) is 30.2 Å². The zero-order chi connectivity index (χ0) is 13.8. The van der Waals surface area contributed by atoms with Crippen LogP contribution in [0.4, 0.5) is 5.69 Å². The monoisotopic (exact) mass is 267 g/mol. The number of nitrogens with one attached hydrogen (secondary N) is 1. The number of rotatable bonds is 4. The van der Waals surface area contributed by atoms with Gasteiger partial charge < -0.3 is 5.32 Å². The van der Waals surface area contributed by atoms with E-state index in [0.29, 0.717) is 18.3 Å². The molecule has 0 atom stereocenters. The Morgan fingerprint density at radius 3 is 2.85 bits per heavy atom. The summed E-state index contributed by atoms with van der Waals surface area (Å²) >= 11 is 0. The second kappa shape index (κ2) is 5.74. The first-order chi connectivity index (χ1) is 9.85. The first-order valence-electron chi connectivity index (χ1n) is 6.99. The van der Waals surface area contributed by atoms with Gasteiger partial charge in [-0.3, -0.25) is 4.68 Å². The van der Waals surface area contributed by atoms with E-state index in [1.54, 1.807) is 12.3 Å². The Kier molecular flexibility index (Phi) is 3.64. The fourth-order valence-electron chi connectivity index (χ4n) is 2.60. The van der Waals surface area contributed by atoms with Crippen molar-refractivity contribution in [3.05, 3.63) is 42.0 Å². The summed E-state index contributed by atoms with van der Waals surface area (Å²) in [6.45, 7) is 0.674. The minimum atomic E-state index is 0.432. The van der Waals surface area contributed by atoms with Crippen molar-refractivity contribution in [1.82, 2.24) is 14.8 Å². The van der Waals surface area contributed by atoms with E-state index in [0.717, 1.165) is 11.4 Å². The summed E-state index contributed by atoms with van der Waals surface area (Å²) in [5.41, 5.74) is 2.36. The van der Waals surface area contributed by atoms with E-state index in [1.807, 2.05) is 12.1 Å². The van der Waals surface area contributed by atoms with Crippen LogP contribution in [0.3, 0.4) is 0 Å². The molecule has 0 bridgehead atoms. The molecule has 0 saturated heterocycles. The minimum Gasteiger partial charge on any atom is -0.378 e. The Labute approximate surface area is 118 Å². The quantitative estimate of drug-likeness (QED) is 0.925. The van der Waals surface area contributed by atoms with Crippen LogP contribution in [-0.2, 0) is 6.54 Å². The predicted octanol–water partition coefficient (Wildman–Crippen LogP) is 2.88. The summed E-state index contributed by atoms with van der Waals surface area (Å²) in [6, 6.07) is 8.22. The van der Waals surface area contributed by atoms with Gasteiger partial charge in [-0.25, -0.2) is 4.98 Å². The average molecular weight is 267 g/mol. The van der Waals surface area contributed by atoms with Crippen LogP contribution in [0.15, 0.2) is 30.6 Å². The van der Waals surface area contributed by atoms with Crippen molar-refractivity contribution in [3.63, 3.8) is 0 Å². The summed E-state index contributed by atoms with van der Waals surface area (Å²) in [5.74, 6) is 0. The lowest BCUT2D eigenvalue weighted by Crippen LogP contribution is -2.07. The second-order valence-corrected chi connectivity index (χ2v) is 5.12. The molecular formula is C15H17N5. The Morgan fingerprint density at radius 2 is 2.15 bits per heavy atom. The lowest BCUT2D eigenvalue weighted by molar-refractivity contribution is 0.463. The second-order valence-electron chi connectivity index (χ2n) is 5.12. The molecule has 2 aromatic rings. The maximum absolute atomic E-state index is 8.70. The molecule has 1 fully saturated rings. The predicted molar refractivity (Wildman–Crippen MR) is 76.0 cm³/mol. The highest BCUT2D eigenvalue weighted by atomic mass is 15.3. The largest absolute Gasteiger partial charge is 0.378 e. The first-order valence-corrected chi connectivity index (χ1v) is 6.99. The third kappa shape index (κ3) is 2.80. The van der Waals surface area contributed by atoms with E-state index in [4.69, 9.17) is 5.26 Å². The normalized spacial score (nSPS) is 15.2. The van der Waals surface area contributed by atoms with Gasteiger partial charge >= 0.3 is 0 Å². The van der Waals surface area contributed by atoms with E-state index in [2.05, 4.69) is 32.3 Å². The molecular weight excluding hydrogens is 250 g/mol. The third-order valence-electron chi connectivity index (χ3n) is 3.71. The summed E-state index contributed by atoms with van der Waals surface area (Å²) in [5, 5.41) is 16.6. The summed E-state index contributed by atoms with van der Waals surface area (Å²) in [6.07, 6.45) is 8.86. The molecule has 20 heavy (non-hydrogen) atoms. The van der Waals surface area contributed by atoms with Gasteiger partial charge in [0.2, 0.25) is 0 Å². The molecule has 1 aliphatic carbocycles. The van der Waals surface area contributed by atoms with E-state index in [1.165, 1.54) is 25.7 Å². The summed E-state index contributed by atoms with van der Waals surface area (Å²) in [4.78, 5) is 4.03. The molecule has 102 valence electrons. The maximum atomic E-state index is 8.70. The molecule has 1 saturated carbocycles. The van der Waals surface area contributed by atoms with Crippen molar-refractivity contribution >= 4 is 5.69 Å². The van der Waals surface area contributed by atoms with Gasteiger partial charge in [-0.1, -0.05) is 12.8 Å². The number of aromatic nitrogens is 3. The molecule has 1 aliphatic rings. The Hall–Kier alpha value is -2.35. The highest BCUT2D eigenvalue weighted by molar-refractivity contribution is 5.42. The number of anilines is 1. The van der Waals surface area contributed by atoms with Gasteiger partial charge in [0.1, 0.15) is 11.8 Å². The molecule has 0 unspecified atom stereocenters. The number of nitriles is 1. The van der Waals surface area contributed by atoms with Gasteiger partial charge in [0, 0.05) is 6.20 Å². The molecule has 3 rings (SSSR count). The highest BCUT2D eigenvalue weighted by Gasteiger charge is 2.17. The molecule has 2 heterocycles. The van der Waals surface area contributed by atoms with E-state index in [-0.39, 0.29) is 0 Å². The molecule has 0 radical (unpaired) electrons. The Morgan fingerprint density at radius 1 is 1.30 bits per heavy atom. The van der Waals surface area contributed by atoms with Gasteiger partial charge in [-0.05, 0) is 31.0 Å². The van der Waals surface area contributed by atoms with Crippen molar-refractivity contribution in [2.24, 2.45) is 0 Å². The van der Waals surface area contributed by atoms with Gasteiger partial charge in [-0.15, -0.1) is 0 Å². The average Bonchev–Trinajstić information content (AvgIpc) is 3.16. The molecule has 0 spiro atoms. The number of pyridine rings is 1. The molecule has 5 nitrogen and oxygen atoms in total. The van der Waals surface area contributed by atoms with Crippen LogP contribution < -0.4 is 5.32 Å². The summed E-state index contributed by atoms with van der Waals surface area (Å²) in [7, 11) is 0. The molecule has 5 heteroatoms. The zero-order valence-corrected chi connectivity index (χ0v) is 11.3. The zero-order valence-electron chi connectivity index (χ0n) is 11.3. The standard InChI is InChI=1S/C15H17N5/c16-9-12-5-6-13(10-17-12)18-11-14-7-8-20(19-14)15-3-1-2-4-15/h5-8,10,15,18H,1-4,11H2. The van der Waals surface area contributed by atoms with Crippen LogP contribution in [0.2, 0.25) is 0 Å². The Bertz CT molecular complexity index is 602. The van der Waals surface area contributed by atoms with E-state index < -0.39 is 0 Å².